The van der Waals surface area contributed by atoms with Crippen LogP contribution < -0.4 is 15.0 Å². The molecule has 2 unspecified atom stereocenters. The number of alkyl carbamates (subject to hydrolysis) is 1. The van der Waals surface area contributed by atoms with E-state index in [0.29, 0.717) is 56.9 Å². The van der Waals surface area contributed by atoms with Gasteiger partial charge in [-0.25, -0.2) is 24.4 Å². The van der Waals surface area contributed by atoms with E-state index < -0.39 is 89.7 Å². The van der Waals surface area contributed by atoms with Crippen LogP contribution in [0, 0.1) is 5.92 Å². The van der Waals surface area contributed by atoms with Gasteiger partial charge >= 0.3 is 24.1 Å². The monoisotopic (exact) mass is 1510 g/mol. The highest BCUT2D eigenvalue weighted by atomic mass is 35.5. The van der Waals surface area contributed by atoms with Crippen LogP contribution >= 0.6 is 11.6 Å². The van der Waals surface area contributed by atoms with Crippen LogP contribution in [0.25, 0.3) is 22.0 Å². The number of fused-ring (bicyclic) bond motifs is 9. The third-order valence-corrected chi connectivity index (χ3v) is 21.7. The Morgan fingerprint density at radius 2 is 1.50 bits per heavy atom. The largest absolute Gasteiger partial charge is 0.495 e. The van der Waals surface area contributed by atoms with Gasteiger partial charge in [-0.05, 0) is 118 Å². The number of carbonyl (C=O) groups excluding carboxylic acids is 8. The van der Waals surface area contributed by atoms with Crippen molar-refractivity contribution < 1.29 is 86.1 Å². The Hall–Kier alpha value is -8.89. The quantitative estimate of drug-likeness (QED) is 0.0171. The molecule has 0 spiro atoms. The SMILES string of the molecule is COc1cc2cc(c1Cl)N(C)C(=O)C[C@H](OC(=O)[C@H](C)N(C)C(=O)CCC(=O)N(CCOCCOCCC(=O)OC(C)(C)C)C1CCN(C(=O)CCn3c(CN(C)N(C)C(=O)OCC4c5ccccc5-c5ccccc54)cc4ccccc43)CC1)C1(C)OC1[C@H](C)[C@@H]1C[C@@](O)(NC(=O)O1)[C@H](OC)C=CC=C(C)C2. The highest BCUT2D eigenvalue weighted by Crippen LogP contribution is 2.50. The number of nitrogens with one attached hydrogen (secondary N) is 1. The third kappa shape index (κ3) is 19.6. The first-order valence-corrected chi connectivity index (χ1v) is 37.5. The van der Waals surface area contributed by atoms with Crippen molar-refractivity contribution in [2.75, 3.05) is 100.0 Å². The maximum atomic E-state index is 14.7. The van der Waals surface area contributed by atoms with Gasteiger partial charge in [-0.15, -0.1) is 0 Å². The van der Waals surface area contributed by atoms with Crippen molar-refractivity contribution in [3.05, 3.63) is 142 Å². The van der Waals surface area contributed by atoms with E-state index in [0.717, 1.165) is 50.0 Å². The van der Waals surface area contributed by atoms with Gasteiger partial charge in [-0.2, -0.15) is 0 Å². The molecule has 5 aromatic rings. The number of rotatable bonds is 26. The number of halogens is 1. The van der Waals surface area contributed by atoms with Gasteiger partial charge in [0, 0.05) is 116 Å². The number of esters is 2. The molecule has 5 aliphatic rings. The van der Waals surface area contributed by atoms with Gasteiger partial charge in [0.1, 0.15) is 52.9 Å². The molecular weight excluding hydrogens is 1410 g/mol. The van der Waals surface area contributed by atoms with Gasteiger partial charge in [0.25, 0.3) is 0 Å². The zero-order valence-electron chi connectivity index (χ0n) is 64.3. The van der Waals surface area contributed by atoms with Crippen molar-refractivity contribution in [1.82, 2.24) is 34.6 Å². The molecule has 8 atom stereocenters. The number of amides is 6. The normalized spacial score (nSPS) is 22.1. The van der Waals surface area contributed by atoms with Crippen LogP contribution in [0.1, 0.15) is 128 Å². The van der Waals surface area contributed by atoms with E-state index in [2.05, 4.69) is 40.2 Å². The number of aromatic nitrogens is 1. The van der Waals surface area contributed by atoms with Crippen molar-refractivity contribution in [3.8, 4) is 16.9 Å². The number of hydrogen-bond acceptors (Lipinski definition) is 19. The van der Waals surface area contributed by atoms with Crippen molar-refractivity contribution in [3.63, 3.8) is 0 Å². The highest BCUT2D eigenvalue weighted by molar-refractivity contribution is 6.35. The van der Waals surface area contributed by atoms with E-state index in [-0.39, 0.29) is 106 Å². The first kappa shape index (κ1) is 81.6. The number of hydrazine groups is 1. The molecule has 6 amide bonds. The summed E-state index contributed by atoms with van der Waals surface area (Å²) in [5.74, 6) is -3.14. The van der Waals surface area contributed by atoms with E-state index in [9.17, 15) is 43.5 Å². The van der Waals surface area contributed by atoms with Crippen LogP contribution in [0.5, 0.6) is 5.75 Å². The van der Waals surface area contributed by atoms with Crippen LogP contribution in [0.3, 0.4) is 0 Å². The molecule has 0 radical (unpaired) electrons. The number of aliphatic hydroxyl groups is 1. The van der Waals surface area contributed by atoms with Gasteiger partial charge in [-0.1, -0.05) is 109 Å². The molecule has 3 fully saturated rings. The number of likely N-dealkylation sites (N-methyl/N-ethyl adjacent to an activating group) is 1. The second-order valence-electron chi connectivity index (χ2n) is 29.9. The predicted octanol–water partition coefficient (Wildman–Crippen LogP) is 10.2. The Morgan fingerprint density at radius 3 is 2.18 bits per heavy atom. The van der Waals surface area contributed by atoms with Crippen molar-refractivity contribution in [2.45, 2.75) is 179 Å². The molecule has 584 valence electrons. The Kier molecular flexibility index (Phi) is 26.9. The number of nitrogens with zero attached hydrogens (tertiary/aromatic N) is 7. The minimum absolute atomic E-state index is 0.0626. The number of likely N-dealkylation sites (tertiary alicyclic amines) is 1. The van der Waals surface area contributed by atoms with Crippen molar-refractivity contribution in [2.24, 2.45) is 5.92 Å². The fraction of sp³-hybridized carbons (Fsp3) is 0.531. The minimum atomic E-state index is -1.92. The summed E-state index contributed by atoms with van der Waals surface area (Å²) in [4.78, 5) is 118. The molecule has 4 aliphatic heterocycles. The van der Waals surface area contributed by atoms with Crippen molar-refractivity contribution in [1.29, 1.82) is 0 Å². The standard InChI is InChI=1S/C81H105ClN8O18/c1-51-21-20-28-67(101-13)81(99)48-66(105-77(97)83-81)52(2)75-80(7,108-75)68(47-72(94)86(10)64-44-54(43-51)45-65(100-12)74(64)82)106-76(96)53(3)85(9)69(91)29-30-71(93)90(38-40-103-42-41-102-39-34-73(95)107-79(4,5)6)56-31-35-88(36-32-56)70(92)33-37-89-57(46-55-22-14-19-27-63(55)89)49-84(8)87(11)78(98)104-50-62-60-25-17-15-23-58(60)59-24-16-18-26-61(59)62/h14-28,44-46,52-53,56,62,66-68,75,99H,29-43,47-50H2,1-13H3,(H,83,97)/t52-,53+,66+,67-,68+,75?,80?,81+/m1/s1. The molecular formula is C81H105ClN8O18. The summed E-state index contributed by atoms with van der Waals surface area (Å²) in [6.45, 7) is 14.5. The van der Waals surface area contributed by atoms with E-state index >= 15 is 0 Å². The first-order chi connectivity index (χ1) is 51.4. The van der Waals surface area contributed by atoms with Crippen LogP contribution in [-0.2, 0) is 86.2 Å². The number of para-hydroxylation sites is 1. The molecule has 108 heavy (non-hydrogen) atoms. The van der Waals surface area contributed by atoms with Crippen LogP contribution in [0.4, 0.5) is 15.3 Å². The predicted molar refractivity (Wildman–Crippen MR) is 404 cm³/mol. The maximum absolute atomic E-state index is 14.7. The summed E-state index contributed by atoms with van der Waals surface area (Å²) >= 11 is 6.92. The average Bonchev–Trinajstić information content (AvgIpc) is 1.57. The molecule has 3 saturated heterocycles. The minimum Gasteiger partial charge on any atom is -0.495 e. The number of benzene rings is 4. The van der Waals surface area contributed by atoms with Crippen LogP contribution in [0.2, 0.25) is 5.02 Å². The lowest BCUT2D eigenvalue weighted by atomic mass is 9.83. The van der Waals surface area contributed by atoms with Gasteiger partial charge in [-0.3, -0.25) is 29.3 Å². The van der Waals surface area contributed by atoms with E-state index in [4.69, 9.17) is 54.2 Å². The fourth-order valence-electron chi connectivity index (χ4n) is 14.9. The molecule has 4 bridgehead atoms. The summed E-state index contributed by atoms with van der Waals surface area (Å²) in [6, 6.07) is 28.4. The molecule has 27 heteroatoms. The Bertz CT molecular complexity index is 4100. The number of aryl methyl sites for hydroxylation is 1. The topological polar surface area (TPSA) is 280 Å². The maximum Gasteiger partial charge on any atom is 0.424 e. The molecule has 4 aromatic carbocycles. The van der Waals surface area contributed by atoms with E-state index in [1.54, 1.807) is 82.9 Å². The van der Waals surface area contributed by atoms with Gasteiger partial charge < -0.3 is 71.9 Å². The summed E-state index contributed by atoms with van der Waals surface area (Å²) in [5.41, 5.74) is 4.40. The van der Waals surface area contributed by atoms with Crippen LogP contribution in [-0.4, -0.2) is 231 Å². The van der Waals surface area contributed by atoms with E-state index in [1.165, 1.54) is 43.0 Å². The van der Waals surface area contributed by atoms with Gasteiger partial charge in [0.15, 0.2) is 5.72 Å². The average molecular weight is 1510 g/mol. The fourth-order valence-corrected chi connectivity index (χ4v) is 15.2. The summed E-state index contributed by atoms with van der Waals surface area (Å²) in [7, 11) is 9.36. The number of ether oxygens (including phenoxy) is 9. The van der Waals surface area contributed by atoms with Gasteiger partial charge in [0.2, 0.25) is 23.6 Å². The zero-order chi connectivity index (χ0) is 77.9. The number of allylic oxidation sites excluding steroid dienone is 3. The molecule has 10 rings (SSSR count). The second kappa shape index (κ2) is 35.6. The number of carbonyl (C=O) groups is 8. The summed E-state index contributed by atoms with van der Waals surface area (Å²) < 4.78 is 55.0. The molecule has 0 saturated carbocycles. The molecule has 5 heterocycles. The molecule has 26 nitrogen and oxygen atoms in total. The Labute approximate surface area is 637 Å². The van der Waals surface area contributed by atoms with E-state index in [1.807, 2.05) is 73.5 Å². The van der Waals surface area contributed by atoms with Crippen LogP contribution in [0.15, 0.2) is 115 Å². The number of methoxy groups -OCH3 is 2. The lowest BCUT2D eigenvalue weighted by Gasteiger charge is -2.42. The number of anilines is 1. The third-order valence-electron chi connectivity index (χ3n) is 21.3. The number of hydrogen-bond donors (Lipinski definition) is 2. The number of epoxide rings is 1. The first-order valence-electron chi connectivity index (χ1n) is 37.1. The lowest BCUT2D eigenvalue weighted by molar-refractivity contribution is -0.162. The Morgan fingerprint density at radius 1 is 0.843 bits per heavy atom. The molecule has 2 N–H and O–H groups in total. The summed E-state index contributed by atoms with van der Waals surface area (Å²) in [6.07, 6.45) is 0.196. The zero-order valence-corrected chi connectivity index (χ0v) is 65.1. The molecule has 1 aromatic heterocycles. The second-order valence-corrected chi connectivity index (χ2v) is 30.3. The lowest BCUT2D eigenvalue weighted by Crippen LogP contribution is -2.63. The molecule has 1 aliphatic carbocycles. The van der Waals surface area contributed by atoms with Crippen molar-refractivity contribution >= 4 is 75.9 Å². The highest BCUT2D eigenvalue weighted by Gasteiger charge is 2.64. The number of piperidine rings is 1. The smallest absolute Gasteiger partial charge is 0.424 e. The van der Waals surface area contributed by atoms with Gasteiger partial charge in [0.05, 0.1) is 64.7 Å². The summed E-state index contributed by atoms with van der Waals surface area (Å²) in [5, 5.41) is 19.0. The Balaban J connectivity index is 0.776.